The summed E-state index contributed by atoms with van der Waals surface area (Å²) in [7, 11) is 0. The molecular formula is C18H19FN2O2. The number of amides is 2. The summed E-state index contributed by atoms with van der Waals surface area (Å²) in [4.78, 5) is 23.6. The third kappa shape index (κ3) is 5.21. The van der Waals surface area contributed by atoms with Crippen LogP contribution in [0.3, 0.4) is 0 Å². The van der Waals surface area contributed by atoms with E-state index >= 15 is 0 Å². The van der Waals surface area contributed by atoms with Gasteiger partial charge in [-0.2, -0.15) is 0 Å². The Labute approximate surface area is 134 Å². The average Bonchev–Trinajstić information content (AvgIpc) is 2.50. The van der Waals surface area contributed by atoms with Crippen LogP contribution in [0, 0.1) is 19.7 Å². The highest BCUT2D eigenvalue weighted by atomic mass is 19.1. The third-order valence-electron chi connectivity index (χ3n) is 3.51. The molecule has 23 heavy (non-hydrogen) atoms. The van der Waals surface area contributed by atoms with Gasteiger partial charge in [0.05, 0.1) is 0 Å². The summed E-state index contributed by atoms with van der Waals surface area (Å²) in [5, 5.41) is 5.33. The molecular weight excluding hydrogens is 295 g/mol. The lowest BCUT2D eigenvalue weighted by atomic mass is 10.1. The van der Waals surface area contributed by atoms with Crippen molar-refractivity contribution in [2.75, 3.05) is 5.32 Å². The smallest absolute Gasteiger partial charge is 0.233 e. The lowest BCUT2D eigenvalue weighted by Gasteiger charge is -2.08. The quantitative estimate of drug-likeness (QED) is 0.833. The van der Waals surface area contributed by atoms with Crippen LogP contribution in [-0.4, -0.2) is 11.8 Å². The summed E-state index contributed by atoms with van der Waals surface area (Å²) in [6, 6.07) is 11.4. The number of carbonyl (C=O) groups excluding carboxylic acids is 2. The Hall–Kier alpha value is -2.69. The number of aryl methyl sites for hydroxylation is 2. The largest absolute Gasteiger partial charge is 0.352 e. The molecule has 120 valence electrons. The van der Waals surface area contributed by atoms with Crippen molar-refractivity contribution in [2.24, 2.45) is 0 Å². The summed E-state index contributed by atoms with van der Waals surface area (Å²) >= 11 is 0. The van der Waals surface area contributed by atoms with Gasteiger partial charge in [0.15, 0.2) is 0 Å². The molecule has 0 heterocycles. The van der Waals surface area contributed by atoms with Gasteiger partial charge in [-0.25, -0.2) is 4.39 Å². The lowest BCUT2D eigenvalue weighted by molar-refractivity contribution is -0.126. The third-order valence-corrected chi connectivity index (χ3v) is 3.51. The fraction of sp³-hybridized carbons (Fsp3) is 0.222. The van der Waals surface area contributed by atoms with Gasteiger partial charge in [0.25, 0.3) is 0 Å². The van der Waals surface area contributed by atoms with Crippen LogP contribution in [0.25, 0.3) is 0 Å². The molecule has 0 radical (unpaired) electrons. The molecule has 0 saturated heterocycles. The fourth-order valence-electron chi connectivity index (χ4n) is 2.04. The van der Waals surface area contributed by atoms with E-state index in [1.807, 2.05) is 26.0 Å². The van der Waals surface area contributed by atoms with Crippen molar-refractivity contribution in [3.8, 4) is 0 Å². The highest BCUT2D eigenvalue weighted by Gasteiger charge is 2.10. The topological polar surface area (TPSA) is 58.2 Å². The maximum atomic E-state index is 12.8. The minimum atomic E-state index is -0.379. The Morgan fingerprint density at radius 3 is 2.30 bits per heavy atom. The maximum Gasteiger partial charge on any atom is 0.233 e. The number of carbonyl (C=O) groups is 2. The van der Waals surface area contributed by atoms with Crippen LogP contribution in [0.2, 0.25) is 0 Å². The molecule has 2 N–H and O–H groups in total. The molecule has 2 aromatic rings. The summed E-state index contributed by atoms with van der Waals surface area (Å²) in [5.41, 5.74) is 3.65. The predicted octanol–water partition coefficient (Wildman–Crippen LogP) is 3.09. The molecule has 2 aromatic carbocycles. The van der Waals surface area contributed by atoms with Gasteiger partial charge in [0.1, 0.15) is 12.2 Å². The van der Waals surface area contributed by atoms with E-state index in [0.717, 1.165) is 16.7 Å². The van der Waals surface area contributed by atoms with Crippen molar-refractivity contribution in [1.29, 1.82) is 0 Å². The zero-order valence-electron chi connectivity index (χ0n) is 13.2. The van der Waals surface area contributed by atoms with Gasteiger partial charge < -0.3 is 10.6 Å². The molecule has 0 atom stereocenters. The number of hydrogen-bond acceptors (Lipinski definition) is 2. The molecule has 0 aromatic heterocycles. The Morgan fingerprint density at radius 2 is 1.65 bits per heavy atom. The van der Waals surface area contributed by atoms with E-state index in [9.17, 15) is 14.0 Å². The number of halogens is 1. The monoisotopic (exact) mass is 314 g/mol. The van der Waals surface area contributed by atoms with Gasteiger partial charge >= 0.3 is 0 Å². The molecule has 0 aliphatic rings. The second kappa shape index (κ2) is 7.54. The second-order valence-electron chi connectivity index (χ2n) is 5.43. The number of anilines is 1. The van der Waals surface area contributed by atoms with E-state index in [1.165, 1.54) is 12.1 Å². The minimum absolute atomic E-state index is 0.256. The van der Waals surface area contributed by atoms with E-state index in [2.05, 4.69) is 10.6 Å². The van der Waals surface area contributed by atoms with Crippen LogP contribution in [-0.2, 0) is 16.1 Å². The molecule has 0 aliphatic carbocycles. The average molecular weight is 314 g/mol. The highest BCUT2D eigenvalue weighted by Crippen LogP contribution is 2.14. The Bertz CT molecular complexity index is 711. The first-order chi connectivity index (χ1) is 10.9. The van der Waals surface area contributed by atoms with Crippen molar-refractivity contribution >= 4 is 17.5 Å². The van der Waals surface area contributed by atoms with E-state index in [1.54, 1.807) is 18.2 Å². The van der Waals surface area contributed by atoms with Crippen LogP contribution in [0.5, 0.6) is 0 Å². The zero-order chi connectivity index (χ0) is 16.8. The molecule has 0 bridgehead atoms. The van der Waals surface area contributed by atoms with Gasteiger partial charge in [-0.05, 0) is 54.8 Å². The second-order valence-corrected chi connectivity index (χ2v) is 5.43. The van der Waals surface area contributed by atoms with Crippen molar-refractivity contribution < 1.29 is 14.0 Å². The van der Waals surface area contributed by atoms with Crippen molar-refractivity contribution in [3.63, 3.8) is 0 Å². The van der Waals surface area contributed by atoms with E-state index in [-0.39, 0.29) is 30.6 Å². The molecule has 0 spiro atoms. The highest BCUT2D eigenvalue weighted by molar-refractivity contribution is 6.03. The van der Waals surface area contributed by atoms with Crippen LogP contribution in [0.4, 0.5) is 10.1 Å². The first-order valence-corrected chi connectivity index (χ1v) is 7.32. The van der Waals surface area contributed by atoms with E-state index in [0.29, 0.717) is 5.69 Å². The van der Waals surface area contributed by atoms with Crippen LogP contribution in [0.1, 0.15) is 23.1 Å². The number of nitrogens with one attached hydrogen (secondary N) is 2. The predicted molar refractivity (Wildman–Crippen MR) is 87.4 cm³/mol. The van der Waals surface area contributed by atoms with Gasteiger partial charge in [0.2, 0.25) is 11.8 Å². The van der Waals surface area contributed by atoms with Gasteiger partial charge in [0, 0.05) is 12.2 Å². The molecule has 2 rings (SSSR count). The zero-order valence-corrected chi connectivity index (χ0v) is 13.2. The number of hydrogen-bond donors (Lipinski definition) is 2. The molecule has 0 saturated carbocycles. The SMILES string of the molecule is Cc1ccc(NC(=O)CC(=O)NCc2ccc(F)cc2)cc1C. The van der Waals surface area contributed by atoms with Crippen molar-refractivity contribution in [1.82, 2.24) is 5.32 Å². The standard InChI is InChI=1S/C18H19FN2O2/c1-12-3-8-16(9-13(12)2)21-18(23)10-17(22)20-11-14-4-6-15(19)7-5-14/h3-9H,10-11H2,1-2H3,(H,20,22)(H,21,23). The number of benzene rings is 2. The summed E-state index contributed by atoms with van der Waals surface area (Å²) in [6.45, 7) is 4.21. The molecule has 2 amide bonds. The Morgan fingerprint density at radius 1 is 0.957 bits per heavy atom. The molecule has 4 nitrogen and oxygen atoms in total. The number of rotatable bonds is 5. The molecule has 0 fully saturated rings. The maximum absolute atomic E-state index is 12.8. The van der Waals surface area contributed by atoms with Crippen molar-refractivity contribution in [3.05, 3.63) is 65.0 Å². The molecule has 0 aliphatic heterocycles. The van der Waals surface area contributed by atoms with Crippen LogP contribution in [0.15, 0.2) is 42.5 Å². The summed E-state index contributed by atoms with van der Waals surface area (Å²) in [5.74, 6) is -1.08. The van der Waals surface area contributed by atoms with Crippen molar-refractivity contribution in [2.45, 2.75) is 26.8 Å². The van der Waals surface area contributed by atoms with Crippen LogP contribution >= 0.6 is 0 Å². The minimum Gasteiger partial charge on any atom is -0.352 e. The van der Waals surface area contributed by atoms with Crippen LogP contribution < -0.4 is 10.6 Å². The van der Waals surface area contributed by atoms with E-state index in [4.69, 9.17) is 0 Å². The Kier molecular flexibility index (Phi) is 5.46. The fourth-order valence-corrected chi connectivity index (χ4v) is 2.04. The Balaban J connectivity index is 1.81. The van der Waals surface area contributed by atoms with Gasteiger partial charge in [-0.1, -0.05) is 18.2 Å². The first kappa shape index (κ1) is 16.7. The van der Waals surface area contributed by atoms with Gasteiger partial charge in [-0.15, -0.1) is 0 Å². The normalized spacial score (nSPS) is 10.2. The summed E-state index contributed by atoms with van der Waals surface area (Å²) < 4.78 is 12.8. The molecule has 5 heteroatoms. The van der Waals surface area contributed by atoms with E-state index < -0.39 is 0 Å². The summed E-state index contributed by atoms with van der Waals surface area (Å²) in [6.07, 6.45) is -0.256. The molecule has 0 unspecified atom stereocenters. The van der Waals surface area contributed by atoms with Gasteiger partial charge in [-0.3, -0.25) is 9.59 Å². The lowest BCUT2D eigenvalue weighted by Crippen LogP contribution is -2.27. The first-order valence-electron chi connectivity index (χ1n) is 7.32.